The fourth-order valence-corrected chi connectivity index (χ4v) is 2.38. The largest absolute Gasteiger partial charge is 0.464 e. The monoisotopic (exact) mass is 311 g/mol. The van der Waals surface area contributed by atoms with E-state index in [1.165, 1.54) is 12.1 Å². The van der Waals surface area contributed by atoms with Crippen LogP contribution in [0.25, 0.3) is 0 Å². The molecule has 2 rings (SSSR count). The van der Waals surface area contributed by atoms with Crippen LogP contribution in [-0.2, 0) is 12.8 Å². The predicted octanol–water partition coefficient (Wildman–Crippen LogP) is 3.99. The maximum Gasteiger partial charge on any atom is 0.124 e. The first-order valence-electron chi connectivity index (χ1n) is 5.87. The molecule has 0 saturated carbocycles. The van der Waals surface area contributed by atoms with Crippen molar-refractivity contribution >= 4 is 15.9 Å². The van der Waals surface area contributed by atoms with Crippen molar-refractivity contribution < 1.29 is 8.81 Å². The number of hydrogen-bond donors (Lipinski definition) is 1. The molecule has 4 heteroatoms. The van der Waals surface area contributed by atoms with Gasteiger partial charge in [0.05, 0.1) is 6.04 Å². The van der Waals surface area contributed by atoms with Crippen LogP contribution in [0.5, 0.6) is 0 Å². The normalized spacial score (nSPS) is 12.7. The van der Waals surface area contributed by atoms with Crippen molar-refractivity contribution in [1.29, 1.82) is 0 Å². The number of nitrogens with two attached hydrogens (primary N) is 1. The fourth-order valence-electron chi connectivity index (χ4n) is 1.87. The molecule has 1 atom stereocenters. The summed E-state index contributed by atoms with van der Waals surface area (Å²) >= 11 is 3.27. The van der Waals surface area contributed by atoms with Crippen LogP contribution in [0.3, 0.4) is 0 Å². The Morgan fingerprint density at radius 1 is 1.33 bits per heavy atom. The van der Waals surface area contributed by atoms with Crippen molar-refractivity contribution in [2.24, 2.45) is 5.73 Å². The lowest BCUT2D eigenvalue weighted by molar-refractivity contribution is 0.434. The zero-order valence-corrected chi connectivity index (χ0v) is 11.7. The van der Waals surface area contributed by atoms with E-state index in [9.17, 15) is 4.39 Å². The van der Waals surface area contributed by atoms with E-state index in [0.717, 1.165) is 28.0 Å². The molecule has 0 aliphatic heterocycles. The van der Waals surface area contributed by atoms with Crippen LogP contribution in [-0.4, -0.2) is 0 Å². The molecular formula is C14H15BrFNO. The summed E-state index contributed by atoms with van der Waals surface area (Å²) in [7, 11) is 0. The standard InChI is InChI=1S/C14H15BrFNO/c1-2-12-3-4-14(18-12)13(17)7-9-5-10(15)8-11(16)6-9/h3-6,8,13H,2,7,17H2,1H3. The number of hydrogen-bond acceptors (Lipinski definition) is 2. The van der Waals surface area contributed by atoms with E-state index in [1.54, 1.807) is 0 Å². The molecule has 0 bridgehead atoms. The highest BCUT2D eigenvalue weighted by atomic mass is 79.9. The molecule has 1 aromatic carbocycles. The number of furan rings is 1. The lowest BCUT2D eigenvalue weighted by Gasteiger charge is -2.09. The second-order valence-electron chi connectivity index (χ2n) is 4.25. The SMILES string of the molecule is CCc1ccc(C(N)Cc2cc(F)cc(Br)c2)o1. The topological polar surface area (TPSA) is 39.2 Å². The first kappa shape index (κ1) is 13.3. The van der Waals surface area contributed by atoms with Gasteiger partial charge >= 0.3 is 0 Å². The minimum atomic E-state index is -0.264. The average Bonchev–Trinajstić information content (AvgIpc) is 2.75. The summed E-state index contributed by atoms with van der Waals surface area (Å²) in [4.78, 5) is 0. The summed E-state index contributed by atoms with van der Waals surface area (Å²) in [6.07, 6.45) is 1.39. The molecule has 0 aliphatic carbocycles. The highest BCUT2D eigenvalue weighted by Gasteiger charge is 2.12. The van der Waals surface area contributed by atoms with E-state index >= 15 is 0 Å². The van der Waals surface area contributed by atoms with Crippen molar-refractivity contribution in [2.45, 2.75) is 25.8 Å². The van der Waals surface area contributed by atoms with Crippen molar-refractivity contribution in [3.05, 3.63) is 57.7 Å². The van der Waals surface area contributed by atoms with Gasteiger partial charge in [-0.1, -0.05) is 22.9 Å². The lowest BCUT2D eigenvalue weighted by Crippen LogP contribution is -2.12. The van der Waals surface area contributed by atoms with Crippen molar-refractivity contribution in [2.75, 3.05) is 0 Å². The Hall–Kier alpha value is -1.13. The molecule has 0 radical (unpaired) electrons. The molecule has 2 N–H and O–H groups in total. The number of rotatable bonds is 4. The van der Waals surface area contributed by atoms with E-state index in [2.05, 4.69) is 15.9 Å². The summed E-state index contributed by atoms with van der Waals surface area (Å²) in [6.45, 7) is 2.03. The Morgan fingerprint density at radius 3 is 2.72 bits per heavy atom. The van der Waals surface area contributed by atoms with Crippen LogP contribution in [0, 0.1) is 5.82 Å². The van der Waals surface area contributed by atoms with Gasteiger partial charge in [0.1, 0.15) is 17.3 Å². The van der Waals surface area contributed by atoms with Crippen LogP contribution >= 0.6 is 15.9 Å². The first-order valence-corrected chi connectivity index (χ1v) is 6.67. The fraction of sp³-hybridized carbons (Fsp3) is 0.286. The van der Waals surface area contributed by atoms with Gasteiger partial charge < -0.3 is 10.2 Å². The van der Waals surface area contributed by atoms with Gasteiger partial charge in [-0.15, -0.1) is 0 Å². The molecule has 0 fully saturated rings. The number of aryl methyl sites for hydroxylation is 1. The molecule has 0 saturated heterocycles. The zero-order chi connectivity index (χ0) is 13.1. The Bertz CT molecular complexity index is 518. The van der Waals surface area contributed by atoms with Crippen LogP contribution in [0.4, 0.5) is 4.39 Å². The van der Waals surface area contributed by atoms with Gasteiger partial charge in [0.2, 0.25) is 0 Å². The van der Waals surface area contributed by atoms with Gasteiger partial charge in [0.15, 0.2) is 0 Å². The third-order valence-electron chi connectivity index (χ3n) is 2.77. The summed E-state index contributed by atoms with van der Waals surface area (Å²) in [5.74, 6) is 1.40. The first-order chi connectivity index (χ1) is 8.58. The molecular weight excluding hydrogens is 297 g/mol. The second kappa shape index (κ2) is 5.67. The van der Waals surface area contributed by atoms with E-state index in [-0.39, 0.29) is 11.9 Å². The van der Waals surface area contributed by atoms with Gasteiger partial charge in [-0.05, 0) is 42.3 Å². The summed E-state index contributed by atoms with van der Waals surface area (Å²) in [5, 5.41) is 0. The minimum absolute atomic E-state index is 0.251. The second-order valence-corrected chi connectivity index (χ2v) is 5.16. The number of benzene rings is 1. The summed E-state index contributed by atoms with van der Waals surface area (Å²) in [5.41, 5.74) is 6.91. The highest BCUT2D eigenvalue weighted by Crippen LogP contribution is 2.22. The van der Waals surface area contributed by atoms with Gasteiger partial charge in [-0.3, -0.25) is 0 Å². The van der Waals surface area contributed by atoms with Crippen LogP contribution in [0.2, 0.25) is 0 Å². The van der Waals surface area contributed by atoms with Gasteiger partial charge in [-0.25, -0.2) is 4.39 Å². The Morgan fingerprint density at radius 2 is 2.11 bits per heavy atom. The summed E-state index contributed by atoms with van der Waals surface area (Å²) < 4.78 is 19.6. The molecule has 1 heterocycles. The van der Waals surface area contributed by atoms with Crippen molar-refractivity contribution in [3.63, 3.8) is 0 Å². The molecule has 18 heavy (non-hydrogen) atoms. The Balaban J connectivity index is 2.12. The van der Waals surface area contributed by atoms with E-state index in [1.807, 2.05) is 25.1 Å². The highest BCUT2D eigenvalue weighted by molar-refractivity contribution is 9.10. The van der Waals surface area contributed by atoms with Crippen LogP contribution < -0.4 is 5.73 Å². The lowest BCUT2D eigenvalue weighted by atomic mass is 10.0. The molecule has 0 spiro atoms. The van der Waals surface area contributed by atoms with Crippen LogP contribution in [0.1, 0.15) is 30.0 Å². The van der Waals surface area contributed by atoms with E-state index in [4.69, 9.17) is 10.2 Å². The maximum absolute atomic E-state index is 13.2. The van der Waals surface area contributed by atoms with Gasteiger partial charge in [-0.2, -0.15) is 0 Å². The molecule has 1 unspecified atom stereocenters. The molecule has 0 amide bonds. The van der Waals surface area contributed by atoms with E-state index < -0.39 is 0 Å². The molecule has 2 aromatic rings. The molecule has 1 aromatic heterocycles. The van der Waals surface area contributed by atoms with Gasteiger partial charge in [0, 0.05) is 10.9 Å². The molecule has 2 nitrogen and oxygen atoms in total. The van der Waals surface area contributed by atoms with Crippen molar-refractivity contribution in [1.82, 2.24) is 0 Å². The van der Waals surface area contributed by atoms with E-state index in [0.29, 0.717) is 6.42 Å². The predicted molar refractivity (Wildman–Crippen MR) is 72.8 cm³/mol. The quantitative estimate of drug-likeness (QED) is 0.927. The van der Waals surface area contributed by atoms with Crippen LogP contribution in [0.15, 0.2) is 39.2 Å². The third-order valence-corrected chi connectivity index (χ3v) is 3.23. The van der Waals surface area contributed by atoms with Gasteiger partial charge in [0.25, 0.3) is 0 Å². The molecule has 0 aliphatic rings. The van der Waals surface area contributed by atoms with Crippen molar-refractivity contribution in [3.8, 4) is 0 Å². The minimum Gasteiger partial charge on any atom is -0.464 e. The summed E-state index contributed by atoms with van der Waals surface area (Å²) in [6, 6.07) is 8.35. The third kappa shape index (κ3) is 3.21. The smallest absolute Gasteiger partial charge is 0.124 e. The number of halogens is 2. The average molecular weight is 312 g/mol. The Labute approximate surface area is 114 Å². The maximum atomic E-state index is 13.2. The zero-order valence-electron chi connectivity index (χ0n) is 10.1. The molecule has 96 valence electrons. The Kier molecular flexibility index (Phi) is 4.19.